The van der Waals surface area contributed by atoms with Gasteiger partial charge in [-0.25, -0.2) is 11.4 Å². The van der Waals surface area contributed by atoms with Crippen LogP contribution in [0.4, 0.5) is 0 Å². The normalized spacial score (nSPS) is 11.4. The number of esters is 1. The molecule has 0 amide bonds. The SMILES string of the molecule is [C-]#[N+]C(C)(C)C(C(=O)OC)=P(c1ccccc1)(c1ccccc1)c1ccccc1. The third-order valence-corrected chi connectivity index (χ3v) is 9.62. The fraction of sp³-hybridized carbons (Fsp3) is 0.160. The van der Waals surface area contributed by atoms with Crippen LogP contribution in [0.3, 0.4) is 0 Å². The molecule has 4 heteroatoms. The van der Waals surface area contributed by atoms with E-state index in [-0.39, 0.29) is 0 Å². The first-order valence-corrected chi connectivity index (χ1v) is 11.2. The summed E-state index contributed by atoms with van der Waals surface area (Å²) in [4.78, 5) is 17.2. The Labute approximate surface area is 172 Å². The molecule has 3 nitrogen and oxygen atoms in total. The van der Waals surface area contributed by atoms with Crippen LogP contribution in [0, 0.1) is 6.57 Å². The van der Waals surface area contributed by atoms with Crippen LogP contribution in [-0.4, -0.2) is 23.9 Å². The van der Waals surface area contributed by atoms with E-state index in [1.54, 1.807) is 13.8 Å². The molecule has 0 fully saturated rings. The van der Waals surface area contributed by atoms with Crippen molar-refractivity contribution >= 4 is 34.1 Å². The fourth-order valence-electron chi connectivity index (χ4n) is 3.74. The Kier molecular flexibility index (Phi) is 6.06. The summed E-state index contributed by atoms with van der Waals surface area (Å²) in [5.74, 6) is -0.434. The Balaban J connectivity index is 2.70. The summed E-state index contributed by atoms with van der Waals surface area (Å²) in [5, 5.41) is 3.57. The van der Waals surface area contributed by atoms with Crippen LogP contribution in [-0.2, 0) is 9.53 Å². The number of hydrogen-bond acceptors (Lipinski definition) is 2. The molecule has 3 rings (SSSR count). The molecule has 0 aliphatic heterocycles. The van der Waals surface area contributed by atoms with Crippen molar-refractivity contribution in [3.05, 3.63) is 102 Å². The first kappa shape index (κ1) is 20.6. The monoisotopic (exact) mass is 401 g/mol. The first-order valence-electron chi connectivity index (χ1n) is 9.39. The van der Waals surface area contributed by atoms with Gasteiger partial charge in [-0.15, -0.1) is 0 Å². The van der Waals surface area contributed by atoms with Gasteiger partial charge in [0.25, 0.3) is 5.54 Å². The Bertz CT molecular complexity index is 979. The number of carbonyl (C=O) groups is 1. The van der Waals surface area contributed by atoms with Crippen LogP contribution in [0.25, 0.3) is 4.85 Å². The standard InChI is InChI=1S/C25H24NO2P/c1-25(2,26-3)23(24(27)28-4)29(20-14-8-5-9-15-20,21-16-10-6-11-17-21)22-18-12-7-13-19-22/h5-19H,1-2,4H3. The highest BCUT2D eigenvalue weighted by Crippen LogP contribution is 2.49. The van der Waals surface area contributed by atoms with E-state index in [0.717, 1.165) is 15.9 Å². The topological polar surface area (TPSA) is 30.7 Å². The van der Waals surface area contributed by atoms with Crippen LogP contribution < -0.4 is 15.9 Å². The Morgan fingerprint density at radius 3 is 1.41 bits per heavy atom. The van der Waals surface area contributed by atoms with Crippen LogP contribution in [0.5, 0.6) is 0 Å². The average Bonchev–Trinajstić information content (AvgIpc) is 2.78. The molecule has 0 unspecified atom stereocenters. The van der Waals surface area contributed by atoms with E-state index >= 15 is 0 Å². The predicted molar refractivity (Wildman–Crippen MR) is 123 cm³/mol. The summed E-state index contributed by atoms with van der Waals surface area (Å²) >= 11 is 0. The van der Waals surface area contributed by atoms with Crippen LogP contribution in [0.2, 0.25) is 0 Å². The second-order valence-electron chi connectivity index (χ2n) is 7.19. The van der Waals surface area contributed by atoms with E-state index in [1.165, 1.54) is 7.11 Å². The lowest BCUT2D eigenvalue weighted by atomic mass is 10.0. The fourth-order valence-corrected chi connectivity index (χ4v) is 8.50. The summed E-state index contributed by atoms with van der Waals surface area (Å²) < 4.78 is 5.28. The molecular weight excluding hydrogens is 377 g/mol. The highest BCUT2D eigenvalue weighted by Gasteiger charge is 2.45. The summed E-state index contributed by atoms with van der Waals surface area (Å²) in [5.41, 5.74) is -1.04. The number of benzene rings is 3. The van der Waals surface area contributed by atoms with Crippen molar-refractivity contribution in [3.63, 3.8) is 0 Å². The molecular formula is C25H24NO2P. The zero-order chi connectivity index (χ0) is 20.9. The molecule has 0 aromatic heterocycles. The van der Waals surface area contributed by atoms with Gasteiger partial charge in [0, 0.05) is 13.8 Å². The molecule has 0 heterocycles. The maximum Gasteiger partial charge on any atom is 0.343 e. The van der Waals surface area contributed by atoms with Crippen molar-refractivity contribution in [2.45, 2.75) is 19.4 Å². The minimum atomic E-state index is -2.65. The molecule has 0 aliphatic carbocycles. The second kappa shape index (κ2) is 8.52. The highest BCUT2D eigenvalue weighted by molar-refractivity contribution is 7.96. The van der Waals surface area contributed by atoms with E-state index in [2.05, 4.69) is 41.2 Å². The summed E-state index contributed by atoms with van der Waals surface area (Å²) in [6, 6.07) is 30.1. The van der Waals surface area contributed by atoms with Gasteiger partial charge in [0.05, 0.1) is 7.11 Å². The first-order chi connectivity index (χ1) is 14.0. The summed E-state index contributed by atoms with van der Waals surface area (Å²) in [7, 11) is 1.39. The number of hydrogen-bond donors (Lipinski definition) is 0. The Morgan fingerprint density at radius 1 is 0.793 bits per heavy atom. The van der Waals surface area contributed by atoms with Crippen molar-refractivity contribution < 1.29 is 9.53 Å². The van der Waals surface area contributed by atoms with Gasteiger partial charge in [-0.2, -0.15) is 0 Å². The zero-order valence-corrected chi connectivity index (χ0v) is 17.8. The zero-order valence-electron chi connectivity index (χ0n) is 16.9. The predicted octanol–water partition coefficient (Wildman–Crippen LogP) is 4.02. The lowest BCUT2D eigenvalue weighted by Gasteiger charge is -2.33. The van der Waals surface area contributed by atoms with Gasteiger partial charge in [0.15, 0.2) is 0 Å². The minimum Gasteiger partial charge on any atom is -0.465 e. The van der Waals surface area contributed by atoms with Crippen LogP contribution in [0.15, 0.2) is 91.0 Å². The number of nitrogens with zero attached hydrogens (tertiary/aromatic N) is 1. The Morgan fingerprint density at radius 2 is 1.14 bits per heavy atom. The average molecular weight is 401 g/mol. The van der Waals surface area contributed by atoms with E-state index in [0.29, 0.717) is 5.29 Å². The molecule has 3 aromatic rings. The van der Waals surface area contributed by atoms with Gasteiger partial charge in [-0.3, -0.25) is 0 Å². The highest BCUT2D eigenvalue weighted by atomic mass is 31.2. The lowest BCUT2D eigenvalue weighted by molar-refractivity contribution is -0.132. The molecule has 29 heavy (non-hydrogen) atoms. The van der Waals surface area contributed by atoms with Crippen molar-refractivity contribution in [1.29, 1.82) is 0 Å². The molecule has 0 bridgehead atoms. The third-order valence-electron chi connectivity index (χ3n) is 5.00. The van der Waals surface area contributed by atoms with E-state index in [9.17, 15) is 4.79 Å². The number of carbonyl (C=O) groups excluding carboxylic acids is 1. The van der Waals surface area contributed by atoms with E-state index in [4.69, 9.17) is 11.3 Å². The second-order valence-corrected chi connectivity index (χ2v) is 10.5. The molecule has 0 atom stereocenters. The minimum absolute atomic E-state index is 0.434. The quantitative estimate of drug-likeness (QED) is 0.367. The van der Waals surface area contributed by atoms with Gasteiger partial charge in [0.2, 0.25) is 0 Å². The van der Waals surface area contributed by atoms with Crippen LogP contribution >= 0.6 is 6.89 Å². The molecule has 0 spiro atoms. The van der Waals surface area contributed by atoms with E-state index < -0.39 is 18.4 Å². The van der Waals surface area contributed by atoms with Crippen molar-refractivity contribution in [2.75, 3.05) is 7.11 Å². The third kappa shape index (κ3) is 3.65. The van der Waals surface area contributed by atoms with Gasteiger partial charge in [0.1, 0.15) is 5.29 Å². The molecule has 0 saturated carbocycles. The van der Waals surface area contributed by atoms with Crippen molar-refractivity contribution in [2.24, 2.45) is 0 Å². The maximum atomic E-state index is 13.3. The largest absolute Gasteiger partial charge is 0.465 e. The van der Waals surface area contributed by atoms with Gasteiger partial charge < -0.3 is 9.58 Å². The molecule has 3 aromatic carbocycles. The molecule has 146 valence electrons. The van der Waals surface area contributed by atoms with Crippen molar-refractivity contribution in [3.8, 4) is 0 Å². The number of methoxy groups -OCH3 is 1. The molecule has 0 N–H and O–H groups in total. The van der Waals surface area contributed by atoms with Gasteiger partial charge in [-0.1, -0.05) is 91.0 Å². The lowest BCUT2D eigenvalue weighted by Crippen LogP contribution is -2.43. The molecule has 0 aliphatic rings. The van der Waals surface area contributed by atoms with Gasteiger partial charge in [-0.05, 0) is 22.8 Å². The van der Waals surface area contributed by atoms with E-state index in [1.807, 2.05) is 54.6 Å². The number of ether oxygens (including phenoxy) is 1. The molecule has 0 saturated heterocycles. The van der Waals surface area contributed by atoms with Crippen LogP contribution in [0.1, 0.15) is 13.8 Å². The summed E-state index contributed by atoms with van der Waals surface area (Å²) in [6.07, 6.45) is 0. The number of rotatable bonds is 5. The van der Waals surface area contributed by atoms with Gasteiger partial charge >= 0.3 is 5.97 Å². The Hall–Kier alpha value is -3.08. The van der Waals surface area contributed by atoms with Crippen molar-refractivity contribution in [1.82, 2.24) is 0 Å². The maximum absolute atomic E-state index is 13.3. The smallest absolute Gasteiger partial charge is 0.343 e. The molecule has 0 radical (unpaired) electrons. The summed E-state index contributed by atoms with van der Waals surface area (Å²) in [6.45, 7) is 8.84.